The number of H-pyrrole nitrogens is 1. The van der Waals surface area contributed by atoms with Gasteiger partial charge in [-0.2, -0.15) is 5.10 Å². The van der Waals surface area contributed by atoms with Crippen molar-refractivity contribution in [2.45, 2.75) is 52.0 Å². The van der Waals surface area contributed by atoms with Crippen molar-refractivity contribution in [2.24, 2.45) is 0 Å². The van der Waals surface area contributed by atoms with Crippen LogP contribution >= 0.6 is 0 Å². The number of likely N-dealkylation sites (tertiary alicyclic amines) is 1. The minimum absolute atomic E-state index is 0.0730. The number of hydrogen-bond donors (Lipinski definition) is 1. The normalized spacial score (nSPS) is 18.8. The molecule has 1 aliphatic heterocycles. The van der Waals surface area contributed by atoms with Crippen molar-refractivity contribution in [1.29, 1.82) is 0 Å². The Labute approximate surface area is 159 Å². The lowest BCUT2D eigenvalue weighted by atomic mass is 9.94. The number of fused-ring (bicyclic) bond motifs is 1. The van der Waals surface area contributed by atoms with Gasteiger partial charge in [0.25, 0.3) is 0 Å². The zero-order chi connectivity index (χ0) is 19.0. The number of piperidine rings is 1. The molecule has 3 aromatic rings. The molecule has 6 nitrogen and oxygen atoms in total. The maximum absolute atomic E-state index is 12.9. The molecule has 27 heavy (non-hydrogen) atoms. The van der Waals surface area contributed by atoms with Crippen molar-refractivity contribution >= 4 is 16.9 Å². The number of rotatable bonds is 4. The van der Waals surface area contributed by atoms with Gasteiger partial charge in [-0.05, 0) is 57.9 Å². The molecule has 1 fully saturated rings. The second kappa shape index (κ2) is 7.18. The summed E-state index contributed by atoms with van der Waals surface area (Å²) in [4.78, 5) is 22.8. The van der Waals surface area contributed by atoms with E-state index >= 15 is 0 Å². The molecule has 1 aliphatic rings. The fraction of sp³-hybridized carbons (Fsp3) is 0.476. The molecule has 0 aliphatic carbocycles. The highest BCUT2D eigenvalue weighted by Gasteiger charge is 2.27. The van der Waals surface area contributed by atoms with Crippen LogP contribution in [0.4, 0.5) is 0 Å². The molecular formula is C21H27N5O. The molecule has 0 radical (unpaired) electrons. The predicted molar refractivity (Wildman–Crippen MR) is 106 cm³/mol. The molecule has 0 aromatic carbocycles. The lowest BCUT2D eigenvalue weighted by Crippen LogP contribution is -2.40. The predicted octanol–water partition coefficient (Wildman–Crippen LogP) is 3.73. The van der Waals surface area contributed by atoms with Gasteiger partial charge < -0.3 is 9.88 Å². The Balaban J connectivity index is 1.44. The van der Waals surface area contributed by atoms with Gasteiger partial charge in [0.15, 0.2) is 0 Å². The van der Waals surface area contributed by atoms with Crippen LogP contribution in [0.3, 0.4) is 0 Å². The van der Waals surface area contributed by atoms with Crippen molar-refractivity contribution in [3.05, 3.63) is 47.5 Å². The maximum atomic E-state index is 12.9. The number of pyridine rings is 1. The summed E-state index contributed by atoms with van der Waals surface area (Å²) < 4.78 is 1.97. The largest absolute Gasteiger partial charge is 0.343 e. The van der Waals surface area contributed by atoms with Gasteiger partial charge in [0.05, 0.1) is 11.7 Å². The van der Waals surface area contributed by atoms with Gasteiger partial charge >= 0.3 is 0 Å². The SMILES string of the molecule is Cc1cc(C)n([C@@H](C)CC(=O)N2CCC[C@@H](c3cc4cccnc4[nH]3)C2)n1. The fourth-order valence-corrected chi connectivity index (χ4v) is 4.22. The Hall–Kier alpha value is -2.63. The van der Waals surface area contributed by atoms with Gasteiger partial charge in [-0.1, -0.05) is 0 Å². The minimum atomic E-state index is 0.0730. The first kappa shape index (κ1) is 17.8. The zero-order valence-corrected chi connectivity index (χ0v) is 16.3. The average Bonchev–Trinajstić information content (AvgIpc) is 3.24. The van der Waals surface area contributed by atoms with E-state index in [-0.39, 0.29) is 11.9 Å². The Morgan fingerprint density at radius 3 is 2.96 bits per heavy atom. The van der Waals surface area contributed by atoms with Gasteiger partial charge in [0.1, 0.15) is 5.65 Å². The van der Waals surface area contributed by atoms with Gasteiger partial charge in [0.2, 0.25) is 5.91 Å². The van der Waals surface area contributed by atoms with Gasteiger partial charge in [0, 0.05) is 48.4 Å². The second-order valence-corrected chi connectivity index (χ2v) is 7.77. The number of aromatic amines is 1. The van der Waals surface area contributed by atoms with Crippen LogP contribution in [0.1, 0.15) is 55.2 Å². The third kappa shape index (κ3) is 3.61. The smallest absolute Gasteiger partial charge is 0.224 e. The topological polar surface area (TPSA) is 66.8 Å². The Morgan fingerprint density at radius 1 is 1.37 bits per heavy atom. The highest BCUT2D eigenvalue weighted by Crippen LogP contribution is 2.29. The van der Waals surface area contributed by atoms with Gasteiger partial charge in [-0.3, -0.25) is 9.48 Å². The van der Waals surface area contributed by atoms with Crippen LogP contribution in [0.25, 0.3) is 11.0 Å². The lowest BCUT2D eigenvalue weighted by Gasteiger charge is -2.33. The van der Waals surface area contributed by atoms with Crippen LogP contribution < -0.4 is 0 Å². The monoisotopic (exact) mass is 365 g/mol. The summed E-state index contributed by atoms with van der Waals surface area (Å²) in [6.07, 6.45) is 4.43. The zero-order valence-electron chi connectivity index (χ0n) is 16.3. The number of nitrogens with one attached hydrogen (secondary N) is 1. The van der Waals surface area contributed by atoms with Crippen molar-refractivity contribution < 1.29 is 4.79 Å². The summed E-state index contributed by atoms with van der Waals surface area (Å²) in [6, 6.07) is 8.34. The highest BCUT2D eigenvalue weighted by atomic mass is 16.2. The number of amides is 1. The summed E-state index contributed by atoms with van der Waals surface area (Å²) in [5.41, 5.74) is 4.22. The van der Waals surface area contributed by atoms with E-state index in [0.717, 1.165) is 48.4 Å². The standard InChI is InChI=1S/C21H27N5O/c1-14-10-15(2)26(24-14)16(3)11-20(27)25-9-5-7-18(13-25)19-12-17-6-4-8-22-21(17)23-19/h4,6,8,10,12,16,18H,5,7,9,11,13H2,1-3H3,(H,22,23)/t16-,18+/m0/s1. The van der Waals surface area contributed by atoms with Crippen LogP contribution in [0.2, 0.25) is 0 Å². The summed E-state index contributed by atoms with van der Waals surface area (Å²) in [7, 11) is 0. The molecule has 0 spiro atoms. The van der Waals surface area contributed by atoms with E-state index in [1.807, 2.05) is 29.5 Å². The van der Waals surface area contributed by atoms with Crippen LogP contribution in [0, 0.1) is 13.8 Å². The first-order valence-electron chi connectivity index (χ1n) is 9.75. The number of carbonyl (C=O) groups is 1. The molecule has 1 N–H and O–H groups in total. The summed E-state index contributed by atoms with van der Waals surface area (Å²) >= 11 is 0. The summed E-state index contributed by atoms with van der Waals surface area (Å²) in [5.74, 6) is 0.565. The molecule has 0 unspecified atom stereocenters. The Kier molecular flexibility index (Phi) is 4.72. The lowest BCUT2D eigenvalue weighted by molar-refractivity contribution is -0.133. The van der Waals surface area contributed by atoms with Crippen LogP contribution in [0.5, 0.6) is 0 Å². The van der Waals surface area contributed by atoms with E-state index in [2.05, 4.69) is 40.2 Å². The Bertz CT molecular complexity index is 924. The first-order valence-corrected chi connectivity index (χ1v) is 9.75. The van der Waals surface area contributed by atoms with Crippen LogP contribution in [-0.2, 0) is 4.79 Å². The minimum Gasteiger partial charge on any atom is -0.343 e. The molecule has 6 heteroatoms. The Morgan fingerprint density at radius 2 is 2.22 bits per heavy atom. The maximum Gasteiger partial charge on any atom is 0.224 e. The molecule has 142 valence electrons. The second-order valence-electron chi connectivity index (χ2n) is 7.77. The molecule has 1 amide bonds. The van der Waals surface area contributed by atoms with Crippen molar-refractivity contribution in [3.63, 3.8) is 0 Å². The number of hydrogen-bond acceptors (Lipinski definition) is 3. The first-order chi connectivity index (χ1) is 13.0. The van der Waals surface area contributed by atoms with Crippen LogP contribution in [0.15, 0.2) is 30.5 Å². The average molecular weight is 365 g/mol. The third-order valence-electron chi connectivity index (χ3n) is 5.56. The summed E-state index contributed by atoms with van der Waals surface area (Å²) in [6.45, 7) is 7.72. The highest BCUT2D eigenvalue weighted by molar-refractivity contribution is 5.78. The van der Waals surface area contributed by atoms with E-state index in [0.29, 0.717) is 12.3 Å². The quantitative estimate of drug-likeness (QED) is 0.766. The number of aromatic nitrogens is 4. The number of aryl methyl sites for hydroxylation is 2. The third-order valence-corrected chi connectivity index (χ3v) is 5.56. The van der Waals surface area contributed by atoms with Crippen molar-refractivity contribution in [1.82, 2.24) is 24.6 Å². The molecule has 0 saturated carbocycles. The molecule has 4 heterocycles. The molecular weight excluding hydrogens is 338 g/mol. The van der Waals surface area contributed by atoms with E-state index in [1.165, 1.54) is 5.69 Å². The molecule has 1 saturated heterocycles. The number of carbonyl (C=O) groups excluding carboxylic acids is 1. The van der Waals surface area contributed by atoms with E-state index in [4.69, 9.17) is 0 Å². The van der Waals surface area contributed by atoms with Crippen molar-refractivity contribution in [2.75, 3.05) is 13.1 Å². The van der Waals surface area contributed by atoms with Gasteiger partial charge in [-0.15, -0.1) is 0 Å². The molecule has 3 aromatic heterocycles. The summed E-state index contributed by atoms with van der Waals surface area (Å²) in [5, 5.41) is 5.66. The van der Waals surface area contributed by atoms with E-state index in [1.54, 1.807) is 6.20 Å². The molecule has 2 atom stereocenters. The fourth-order valence-electron chi connectivity index (χ4n) is 4.22. The van der Waals surface area contributed by atoms with E-state index in [9.17, 15) is 4.79 Å². The molecule has 4 rings (SSSR count). The van der Waals surface area contributed by atoms with Gasteiger partial charge in [-0.25, -0.2) is 4.98 Å². The molecule has 0 bridgehead atoms. The number of nitrogens with zero attached hydrogens (tertiary/aromatic N) is 4. The van der Waals surface area contributed by atoms with Crippen molar-refractivity contribution in [3.8, 4) is 0 Å². The van der Waals surface area contributed by atoms with E-state index < -0.39 is 0 Å². The van der Waals surface area contributed by atoms with Crippen LogP contribution in [-0.4, -0.2) is 43.6 Å².